The van der Waals surface area contributed by atoms with Gasteiger partial charge in [-0.25, -0.2) is 9.78 Å². The average molecular weight is 519 g/mol. The van der Waals surface area contributed by atoms with E-state index in [-0.39, 0.29) is 17.1 Å². The van der Waals surface area contributed by atoms with Crippen LogP contribution in [0.15, 0.2) is 44.7 Å². The van der Waals surface area contributed by atoms with Crippen LogP contribution >= 0.6 is 15.9 Å². The van der Waals surface area contributed by atoms with Gasteiger partial charge >= 0.3 is 11.7 Å². The number of fused-ring (bicyclic) bond motifs is 1. The van der Waals surface area contributed by atoms with Gasteiger partial charge in [-0.1, -0.05) is 22.9 Å². The molecule has 1 atom stereocenters. The average Bonchev–Trinajstić information content (AvgIpc) is 2.78. The summed E-state index contributed by atoms with van der Waals surface area (Å²) in [6, 6.07) is 7.68. The van der Waals surface area contributed by atoms with E-state index in [1.54, 1.807) is 18.2 Å². The molecule has 0 aliphatic rings. The number of aryl methyl sites for hydroxylation is 1. The Hall–Kier alpha value is -3.80. The highest BCUT2D eigenvalue weighted by Crippen LogP contribution is 2.38. The SMILES string of the molecule is CCc1nc2ccc(Br)cc2c(=O)n1N=Cc1cc(OC)c(O[C@H](C)C(=O)O)c([N+](=O)[O-])c1. The third kappa shape index (κ3) is 5.00. The maximum absolute atomic E-state index is 13.0. The smallest absolute Gasteiger partial charge is 0.344 e. The van der Waals surface area contributed by atoms with Crippen LogP contribution in [0.2, 0.25) is 0 Å². The van der Waals surface area contributed by atoms with Crippen LogP contribution in [0.25, 0.3) is 10.9 Å². The molecule has 0 radical (unpaired) electrons. The number of nitro benzene ring substituents is 1. The highest BCUT2D eigenvalue weighted by Gasteiger charge is 2.26. The molecule has 3 aromatic rings. The van der Waals surface area contributed by atoms with Crippen molar-refractivity contribution in [2.24, 2.45) is 5.10 Å². The van der Waals surface area contributed by atoms with Crippen molar-refractivity contribution in [1.29, 1.82) is 0 Å². The standard InChI is InChI=1S/C21H19BrN4O7/c1-4-18-24-15-6-5-13(22)9-14(15)20(27)25(18)23-10-12-7-16(26(30)31)19(17(8-12)32-3)33-11(2)21(28)29/h5-11H,4H2,1-3H3,(H,28,29)/t11-/m1/s1. The van der Waals surface area contributed by atoms with E-state index in [1.807, 2.05) is 6.92 Å². The van der Waals surface area contributed by atoms with Crippen LogP contribution in [-0.4, -0.2) is 45.1 Å². The van der Waals surface area contributed by atoms with Crippen molar-refractivity contribution in [3.8, 4) is 11.5 Å². The number of carbonyl (C=O) groups is 1. The van der Waals surface area contributed by atoms with E-state index in [1.165, 1.54) is 26.3 Å². The molecule has 0 aliphatic heterocycles. The van der Waals surface area contributed by atoms with Crippen molar-refractivity contribution in [2.75, 3.05) is 7.11 Å². The molecular formula is C21H19BrN4O7. The summed E-state index contributed by atoms with van der Waals surface area (Å²) >= 11 is 3.33. The fourth-order valence-corrected chi connectivity index (χ4v) is 3.34. The first-order valence-corrected chi connectivity index (χ1v) is 10.5. The maximum Gasteiger partial charge on any atom is 0.344 e. The molecule has 33 heavy (non-hydrogen) atoms. The molecule has 0 amide bonds. The van der Waals surface area contributed by atoms with Crippen molar-refractivity contribution >= 4 is 44.7 Å². The monoisotopic (exact) mass is 518 g/mol. The number of methoxy groups -OCH3 is 1. The summed E-state index contributed by atoms with van der Waals surface area (Å²) in [5.74, 6) is -1.26. The van der Waals surface area contributed by atoms with Crippen LogP contribution in [0.3, 0.4) is 0 Å². The van der Waals surface area contributed by atoms with Gasteiger partial charge < -0.3 is 14.6 Å². The number of benzene rings is 2. The number of hydrogen-bond donors (Lipinski definition) is 1. The van der Waals surface area contributed by atoms with Crippen LogP contribution in [0.1, 0.15) is 25.2 Å². The second-order valence-electron chi connectivity index (χ2n) is 6.83. The molecule has 12 heteroatoms. The van der Waals surface area contributed by atoms with E-state index in [0.717, 1.165) is 10.7 Å². The molecule has 1 aromatic heterocycles. The van der Waals surface area contributed by atoms with E-state index < -0.39 is 28.2 Å². The van der Waals surface area contributed by atoms with E-state index in [4.69, 9.17) is 14.6 Å². The van der Waals surface area contributed by atoms with Crippen LogP contribution in [0.4, 0.5) is 5.69 Å². The van der Waals surface area contributed by atoms with Gasteiger partial charge in [-0.15, -0.1) is 0 Å². The van der Waals surface area contributed by atoms with Gasteiger partial charge in [-0.05, 0) is 31.2 Å². The van der Waals surface area contributed by atoms with Gasteiger partial charge in [0.2, 0.25) is 5.75 Å². The molecule has 3 rings (SSSR count). The number of nitrogens with zero attached hydrogens (tertiary/aromatic N) is 4. The van der Waals surface area contributed by atoms with Crippen molar-refractivity contribution in [3.05, 3.63) is 66.7 Å². The number of rotatable bonds is 8. The largest absolute Gasteiger partial charge is 0.493 e. The maximum atomic E-state index is 13.0. The second-order valence-corrected chi connectivity index (χ2v) is 7.75. The lowest BCUT2D eigenvalue weighted by Crippen LogP contribution is -2.23. The molecule has 0 unspecified atom stereocenters. The van der Waals surface area contributed by atoms with Gasteiger partial charge in [0.15, 0.2) is 11.9 Å². The van der Waals surface area contributed by atoms with E-state index in [9.17, 15) is 19.7 Å². The first kappa shape index (κ1) is 23.9. The van der Waals surface area contributed by atoms with E-state index in [0.29, 0.717) is 27.6 Å². The summed E-state index contributed by atoms with van der Waals surface area (Å²) in [6.45, 7) is 3.06. The summed E-state index contributed by atoms with van der Waals surface area (Å²) in [4.78, 5) is 39.5. The molecule has 11 nitrogen and oxygen atoms in total. The van der Waals surface area contributed by atoms with Gasteiger partial charge in [0, 0.05) is 22.5 Å². The molecule has 1 N–H and O–H groups in total. The number of ether oxygens (including phenoxy) is 2. The number of hydrogen-bond acceptors (Lipinski definition) is 8. The van der Waals surface area contributed by atoms with Crippen LogP contribution < -0.4 is 15.0 Å². The summed E-state index contributed by atoms with van der Waals surface area (Å²) in [5, 5.41) is 25.2. The molecule has 1 heterocycles. The van der Waals surface area contributed by atoms with Gasteiger partial charge in [-0.2, -0.15) is 9.78 Å². The Morgan fingerprint density at radius 1 is 1.39 bits per heavy atom. The summed E-state index contributed by atoms with van der Waals surface area (Å²) < 4.78 is 12.3. The fraction of sp³-hybridized carbons (Fsp3) is 0.238. The lowest BCUT2D eigenvalue weighted by atomic mass is 10.1. The molecule has 0 spiro atoms. The molecule has 0 aliphatic carbocycles. The lowest BCUT2D eigenvalue weighted by Gasteiger charge is -2.14. The lowest BCUT2D eigenvalue weighted by molar-refractivity contribution is -0.386. The number of nitro groups is 1. The zero-order chi connectivity index (χ0) is 24.3. The Morgan fingerprint density at radius 2 is 2.12 bits per heavy atom. The van der Waals surface area contributed by atoms with Gasteiger partial charge in [0.05, 0.1) is 29.2 Å². The van der Waals surface area contributed by atoms with Gasteiger partial charge in [-0.3, -0.25) is 14.9 Å². The van der Waals surface area contributed by atoms with Gasteiger partial charge in [0.25, 0.3) is 5.56 Å². The molecule has 2 aromatic carbocycles. The predicted octanol–water partition coefficient (Wildman–Crippen LogP) is 3.37. The number of halogens is 1. The Kier molecular flexibility index (Phi) is 7.07. The summed E-state index contributed by atoms with van der Waals surface area (Å²) in [6.07, 6.45) is 0.333. The van der Waals surface area contributed by atoms with E-state index >= 15 is 0 Å². The van der Waals surface area contributed by atoms with Crippen LogP contribution in [-0.2, 0) is 11.2 Å². The highest BCUT2D eigenvalue weighted by atomic mass is 79.9. The Bertz CT molecular complexity index is 1340. The zero-order valence-corrected chi connectivity index (χ0v) is 19.4. The Morgan fingerprint density at radius 3 is 2.73 bits per heavy atom. The van der Waals surface area contributed by atoms with E-state index in [2.05, 4.69) is 26.0 Å². The Labute approximate surface area is 195 Å². The molecule has 172 valence electrons. The van der Waals surface area contributed by atoms with Gasteiger partial charge in [0.1, 0.15) is 5.82 Å². The van der Waals surface area contributed by atoms with Crippen molar-refractivity contribution in [3.63, 3.8) is 0 Å². The second kappa shape index (κ2) is 9.77. The third-order valence-electron chi connectivity index (χ3n) is 4.63. The molecular weight excluding hydrogens is 500 g/mol. The number of carboxylic acids is 1. The third-order valence-corrected chi connectivity index (χ3v) is 5.12. The van der Waals surface area contributed by atoms with Crippen molar-refractivity contribution in [1.82, 2.24) is 9.66 Å². The summed E-state index contributed by atoms with van der Waals surface area (Å²) in [5.41, 5.74) is -0.145. The molecule has 0 bridgehead atoms. The molecule has 0 fully saturated rings. The minimum absolute atomic E-state index is 0.0534. The number of carboxylic acid groups (broad SMARTS) is 1. The van der Waals surface area contributed by atoms with Crippen LogP contribution in [0, 0.1) is 10.1 Å². The minimum atomic E-state index is -1.34. The predicted molar refractivity (Wildman–Crippen MR) is 123 cm³/mol. The highest BCUT2D eigenvalue weighted by molar-refractivity contribution is 9.10. The quantitative estimate of drug-likeness (QED) is 0.271. The van der Waals surface area contributed by atoms with Crippen molar-refractivity contribution in [2.45, 2.75) is 26.4 Å². The fourth-order valence-electron chi connectivity index (χ4n) is 2.98. The first-order valence-electron chi connectivity index (χ1n) is 9.67. The molecule has 0 saturated carbocycles. The summed E-state index contributed by atoms with van der Waals surface area (Å²) in [7, 11) is 1.27. The topological polar surface area (TPSA) is 146 Å². The molecule has 0 saturated heterocycles. The first-order chi connectivity index (χ1) is 15.7. The van der Waals surface area contributed by atoms with Crippen molar-refractivity contribution < 1.29 is 24.3 Å². The van der Waals surface area contributed by atoms with Crippen LogP contribution in [0.5, 0.6) is 11.5 Å². The number of aliphatic carboxylic acids is 1. The Balaban J connectivity index is 2.12. The normalized spacial score (nSPS) is 12.1. The minimum Gasteiger partial charge on any atom is -0.493 e. The number of aromatic nitrogens is 2. The zero-order valence-electron chi connectivity index (χ0n) is 17.8.